The molecule has 0 spiro atoms. The van der Waals surface area contributed by atoms with Crippen molar-refractivity contribution in [1.82, 2.24) is 0 Å². The normalized spacial score (nSPS) is 17.2. The van der Waals surface area contributed by atoms with Gasteiger partial charge in [0, 0.05) is 5.57 Å². The third-order valence-corrected chi connectivity index (χ3v) is 3.75. The molecule has 0 fully saturated rings. The third-order valence-electron chi connectivity index (χ3n) is 2.90. The van der Waals surface area contributed by atoms with Gasteiger partial charge in [0.25, 0.3) is 0 Å². The molecule has 20 heavy (non-hydrogen) atoms. The minimum absolute atomic E-state index is 0.0129. The van der Waals surface area contributed by atoms with Gasteiger partial charge in [-0.1, -0.05) is 25.1 Å². The fourth-order valence-electron chi connectivity index (χ4n) is 1.77. The summed E-state index contributed by atoms with van der Waals surface area (Å²) in [7, 11) is 0. The number of nitrogens with zero attached hydrogens (tertiary/aromatic N) is 1. The Labute approximate surface area is 121 Å². The molecule has 1 aromatic heterocycles. The monoisotopic (exact) mass is 289 g/mol. The van der Waals surface area contributed by atoms with E-state index in [0.29, 0.717) is 21.7 Å². The van der Waals surface area contributed by atoms with E-state index in [-0.39, 0.29) is 11.7 Å². The van der Waals surface area contributed by atoms with Crippen molar-refractivity contribution in [3.63, 3.8) is 0 Å². The fourth-order valence-corrected chi connectivity index (χ4v) is 2.36. The lowest BCUT2D eigenvalue weighted by Gasteiger charge is -2.14. The third kappa shape index (κ3) is 3.11. The summed E-state index contributed by atoms with van der Waals surface area (Å²) in [5, 5.41) is 5.66. The molecule has 104 valence electrons. The number of hydrogen-bond acceptors (Lipinski definition) is 5. The summed E-state index contributed by atoms with van der Waals surface area (Å²) in [6.07, 6.45) is 3.21. The zero-order chi connectivity index (χ0) is 14.7. The molecular weight excluding hydrogens is 274 g/mol. The van der Waals surface area contributed by atoms with Crippen LogP contribution in [0.2, 0.25) is 0 Å². The second-order valence-electron chi connectivity index (χ2n) is 4.78. The molecule has 0 atom stereocenters. The van der Waals surface area contributed by atoms with Crippen LogP contribution in [0.25, 0.3) is 0 Å². The lowest BCUT2D eigenvalue weighted by Crippen LogP contribution is -2.16. The number of oxime groups is 1. The topological polar surface area (TPSA) is 55.7 Å². The van der Waals surface area contributed by atoms with E-state index >= 15 is 0 Å². The first kappa shape index (κ1) is 14.4. The maximum atomic E-state index is 11.8. The minimum Gasteiger partial charge on any atom is -0.311 e. The summed E-state index contributed by atoms with van der Waals surface area (Å²) < 4.78 is 0. The van der Waals surface area contributed by atoms with Gasteiger partial charge in [-0.05, 0) is 42.0 Å². The Morgan fingerprint density at radius 1 is 1.35 bits per heavy atom. The van der Waals surface area contributed by atoms with Crippen LogP contribution in [0.4, 0.5) is 0 Å². The molecule has 2 rings (SSSR count). The highest BCUT2D eigenvalue weighted by Crippen LogP contribution is 2.19. The van der Waals surface area contributed by atoms with Crippen LogP contribution in [0.5, 0.6) is 0 Å². The average Bonchev–Trinajstić information content (AvgIpc) is 2.90. The van der Waals surface area contributed by atoms with Crippen LogP contribution in [-0.4, -0.2) is 17.5 Å². The van der Waals surface area contributed by atoms with Crippen LogP contribution in [0.1, 0.15) is 30.4 Å². The van der Waals surface area contributed by atoms with Gasteiger partial charge in [0.2, 0.25) is 0 Å². The predicted octanol–water partition coefficient (Wildman–Crippen LogP) is 3.37. The Kier molecular flexibility index (Phi) is 4.29. The van der Waals surface area contributed by atoms with Crippen molar-refractivity contribution in [2.75, 3.05) is 0 Å². The van der Waals surface area contributed by atoms with Crippen LogP contribution < -0.4 is 0 Å². The van der Waals surface area contributed by atoms with Crippen LogP contribution in [0.15, 0.2) is 46.0 Å². The molecule has 0 unspecified atom stereocenters. The van der Waals surface area contributed by atoms with Crippen molar-refractivity contribution in [2.45, 2.75) is 20.8 Å². The van der Waals surface area contributed by atoms with Gasteiger partial charge >= 0.3 is 5.97 Å². The van der Waals surface area contributed by atoms with Crippen molar-refractivity contribution >= 4 is 28.8 Å². The highest BCUT2D eigenvalue weighted by Gasteiger charge is 2.19. The van der Waals surface area contributed by atoms with Gasteiger partial charge in [-0.25, -0.2) is 4.79 Å². The quantitative estimate of drug-likeness (QED) is 0.487. The Hall–Kier alpha value is -2.01. The molecule has 1 heterocycles. The molecule has 0 amide bonds. The van der Waals surface area contributed by atoms with Crippen molar-refractivity contribution in [3.05, 3.63) is 45.7 Å². The highest BCUT2D eigenvalue weighted by molar-refractivity contribution is 7.11. The Morgan fingerprint density at radius 3 is 2.70 bits per heavy atom. The minimum atomic E-state index is -0.489. The molecule has 0 bridgehead atoms. The first-order valence-corrected chi connectivity index (χ1v) is 7.14. The molecule has 0 aliphatic heterocycles. The molecule has 1 aliphatic carbocycles. The molecule has 0 saturated carbocycles. The molecule has 1 aliphatic rings. The smallest absolute Gasteiger partial charge is 0.311 e. The van der Waals surface area contributed by atoms with Crippen LogP contribution in [-0.2, 0) is 9.63 Å². The second-order valence-corrected chi connectivity index (χ2v) is 5.73. The summed E-state index contributed by atoms with van der Waals surface area (Å²) in [6.45, 7) is 5.64. The largest absolute Gasteiger partial charge is 0.375 e. The van der Waals surface area contributed by atoms with Crippen LogP contribution >= 0.6 is 11.3 Å². The lowest BCUT2D eigenvalue weighted by atomic mass is 9.90. The van der Waals surface area contributed by atoms with Crippen molar-refractivity contribution in [2.24, 2.45) is 11.1 Å². The molecule has 4 nitrogen and oxygen atoms in total. The maximum Gasteiger partial charge on any atom is 0.375 e. The van der Waals surface area contributed by atoms with E-state index in [2.05, 4.69) is 5.16 Å². The number of thiophene rings is 1. The number of carbonyl (C=O) groups is 2. The van der Waals surface area contributed by atoms with E-state index in [1.807, 2.05) is 13.8 Å². The summed E-state index contributed by atoms with van der Waals surface area (Å²) in [5.74, 6) is -0.400. The lowest BCUT2D eigenvalue weighted by molar-refractivity contribution is -0.111. The van der Waals surface area contributed by atoms with E-state index in [1.165, 1.54) is 17.4 Å². The van der Waals surface area contributed by atoms with Gasteiger partial charge < -0.3 is 4.84 Å². The zero-order valence-electron chi connectivity index (χ0n) is 11.5. The van der Waals surface area contributed by atoms with E-state index in [0.717, 1.165) is 0 Å². The number of hydrogen-bond donors (Lipinski definition) is 0. The van der Waals surface area contributed by atoms with Gasteiger partial charge in [0.15, 0.2) is 5.78 Å². The molecule has 1 aromatic rings. The van der Waals surface area contributed by atoms with Gasteiger partial charge in [-0.15, -0.1) is 11.3 Å². The Balaban J connectivity index is 2.18. The molecule has 0 radical (unpaired) electrons. The number of rotatable bonds is 3. The Bertz CT molecular complexity index is 622. The van der Waals surface area contributed by atoms with Gasteiger partial charge in [-0.2, -0.15) is 0 Å². The summed E-state index contributed by atoms with van der Waals surface area (Å²) in [4.78, 5) is 28.9. The standard InChI is InChI=1S/C15H15NO3S/c1-9(2)11-8-12(10(3)7-13(11)17)16-19-15(18)14-5-4-6-20-14/h4-9H,1-3H3. The highest BCUT2D eigenvalue weighted by atomic mass is 32.1. The van der Waals surface area contributed by atoms with Crippen LogP contribution in [0, 0.1) is 5.92 Å². The molecule has 0 saturated heterocycles. The van der Waals surface area contributed by atoms with Gasteiger partial charge in [0.1, 0.15) is 10.6 Å². The average molecular weight is 289 g/mol. The van der Waals surface area contributed by atoms with Crippen LogP contribution in [0.3, 0.4) is 0 Å². The predicted molar refractivity (Wildman–Crippen MR) is 78.9 cm³/mol. The Morgan fingerprint density at radius 2 is 2.10 bits per heavy atom. The summed E-state index contributed by atoms with van der Waals surface area (Å²) in [6, 6.07) is 3.45. The number of allylic oxidation sites excluding steroid dienone is 4. The van der Waals surface area contributed by atoms with E-state index < -0.39 is 5.97 Å². The molecule has 0 N–H and O–H groups in total. The van der Waals surface area contributed by atoms with E-state index in [9.17, 15) is 9.59 Å². The second kappa shape index (κ2) is 5.96. The molecule has 0 aromatic carbocycles. The number of carbonyl (C=O) groups excluding carboxylic acids is 2. The van der Waals surface area contributed by atoms with Gasteiger partial charge in [-0.3, -0.25) is 4.79 Å². The first-order chi connectivity index (χ1) is 9.49. The van der Waals surface area contributed by atoms with Crippen molar-refractivity contribution < 1.29 is 14.4 Å². The zero-order valence-corrected chi connectivity index (χ0v) is 12.4. The van der Waals surface area contributed by atoms with Crippen molar-refractivity contribution in [1.29, 1.82) is 0 Å². The summed E-state index contributed by atoms with van der Waals surface area (Å²) in [5.41, 5.74) is 1.87. The first-order valence-electron chi connectivity index (χ1n) is 6.26. The summed E-state index contributed by atoms with van der Waals surface area (Å²) >= 11 is 1.30. The SMILES string of the molecule is CC1=CC(=O)C(C(C)C)=CC1=NOC(=O)c1cccs1. The fraction of sp³-hybridized carbons (Fsp3) is 0.267. The van der Waals surface area contributed by atoms with E-state index in [4.69, 9.17) is 4.84 Å². The molecule has 5 heteroatoms. The van der Waals surface area contributed by atoms with Gasteiger partial charge in [0.05, 0.1) is 0 Å². The maximum absolute atomic E-state index is 11.8. The van der Waals surface area contributed by atoms with Crippen molar-refractivity contribution in [3.8, 4) is 0 Å². The van der Waals surface area contributed by atoms with E-state index in [1.54, 1.807) is 30.5 Å². The number of ketones is 1. The molecular formula is C15H15NO3S.